The molecule has 1 amide bonds. The molecule has 5 nitrogen and oxygen atoms in total. The van der Waals surface area contributed by atoms with Crippen molar-refractivity contribution in [3.8, 4) is 0 Å². The van der Waals surface area contributed by atoms with Gasteiger partial charge in [0.15, 0.2) is 4.77 Å². The smallest absolute Gasteiger partial charge is 0.262 e. The zero-order valence-electron chi connectivity index (χ0n) is 14.6. The Balaban J connectivity index is 1.88. The van der Waals surface area contributed by atoms with Gasteiger partial charge < -0.3 is 10.3 Å². The van der Waals surface area contributed by atoms with E-state index in [1.54, 1.807) is 22.8 Å². The summed E-state index contributed by atoms with van der Waals surface area (Å²) >= 11 is 5.42. The van der Waals surface area contributed by atoms with Crippen molar-refractivity contribution in [1.29, 1.82) is 0 Å². The molecule has 1 aromatic carbocycles. The van der Waals surface area contributed by atoms with Gasteiger partial charge in [-0.2, -0.15) is 0 Å². The van der Waals surface area contributed by atoms with E-state index >= 15 is 0 Å². The van der Waals surface area contributed by atoms with Crippen molar-refractivity contribution >= 4 is 29.0 Å². The molecule has 1 fully saturated rings. The summed E-state index contributed by atoms with van der Waals surface area (Å²) in [5, 5.41) is 3.51. The van der Waals surface area contributed by atoms with Crippen molar-refractivity contribution in [3.63, 3.8) is 0 Å². The molecule has 0 unspecified atom stereocenters. The molecule has 1 aliphatic rings. The molecular formula is C19H25N3O2S. The number of fused-ring (bicyclic) bond motifs is 1. The topological polar surface area (TPSA) is 66.9 Å². The highest BCUT2D eigenvalue weighted by molar-refractivity contribution is 7.71. The lowest BCUT2D eigenvalue weighted by Crippen LogP contribution is -2.26. The number of hydrogen-bond acceptors (Lipinski definition) is 3. The van der Waals surface area contributed by atoms with Crippen molar-refractivity contribution in [2.45, 2.75) is 57.9 Å². The molecule has 134 valence electrons. The Labute approximate surface area is 152 Å². The molecule has 1 aliphatic carbocycles. The number of aromatic amines is 1. The average Bonchev–Trinajstić information content (AvgIpc) is 3.12. The van der Waals surface area contributed by atoms with Crippen LogP contribution in [-0.2, 0) is 0 Å². The van der Waals surface area contributed by atoms with Gasteiger partial charge in [-0.3, -0.25) is 14.2 Å². The molecule has 1 heterocycles. The predicted molar refractivity (Wildman–Crippen MR) is 103 cm³/mol. The quantitative estimate of drug-likeness (QED) is 0.603. The maximum Gasteiger partial charge on any atom is 0.262 e. The minimum absolute atomic E-state index is 0.0550. The lowest BCUT2D eigenvalue weighted by atomic mass is 10.1. The lowest BCUT2D eigenvalue weighted by molar-refractivity contribution is 0.0953. The van der Waals surface area contributed by atoms with Crippen molar-refractivity contribution < 1.29 is 4.79 Å². The Morgan fingerprint density at radius 3 is 2.80 bits per heavy atom. The van der Waals surface area contributed by atoms with E-state index in [9.17, 15) is 9.59 Å². The number of carbonyl (C=O) groups excluding carboxylic acids is 1. The number of amides is 1. The van der Waals surface area contributed by atoms with Gasteiger partial charge >= 0.3 is 0 Å². The zero-order valence-corrected chi connectivity index (χ0v) is 15.5. The van der Waals surface area contributed by atoms with E-state index in [4.69, 9.17) is 12.2 Å². The molecule has 1 saturated carbocycles. The monoisotopic (exact) mass is 359 g/mol. The second kappa shape index (κ2) is 7.95. The standard InChI is InChI=1S/C19H25N3O2S/c1-2-3-6-11-20-17(23)13-9-10-15-16(12-13)21-19(25)22(18(15)24)14-7-4-5-8-14/h9-10,12,14H,2-8,11H2,1H3,(H,20,23)(H,21,25). The van der Waals surface area contributed by atoms with Gasteiger partial charge in [-0.15, -0.1) is 0 Å². The fourth-order valence-electron chi connectivity index (χ4n) is 3.55. The molecule has 0 radical (unpaired) electrons. The van der Waals surface area contributed by atoms with E-state index in [2.05, 4.69) is 17.2 Å². The SMILES string of the molecule is CCCCCNC(=O)c1ccc2c(=O)n(C3CCCC3)c(=S)[nH]c2c1. The molecule has 1 aromatic heterocycles. The molecule has 25 heavy (non-hydrogen) atoms. The zero-order chi connectivity index (χ0) is 17.8. The number of rotatable bonds is 6. The van der Waals surface area contributed by atoms with Crippen molar-refractivity contribution in [2.24, 2.45) is 0 Å². The first-order valence-electron chi connectivity index (χ1n) is 9.18. The van der Waals surface area contributed by atoms with Crippen LogP contribution in [0.15, 0.2) is 23.0 Å². The normalized spacial score (nSPS) is 14.9. The minimum Gasteiger partial charge on any atom is -0.352 e. The molecule has 0 aliphatic heterocycles. The summed E-state index contributed by atoms with van der Waals surface area (Å²) in [5.74, 6) is -0.114. The van der Waals surface area contributed by atoms with Gasteiger partial charge in [-0.05, 0) is 49.7 Å². The minimum atomic E-state index is -0.114. The molecule has 0 atom stereocenters. The van der Waals surface area contributed by atoms with Gasteiger partial charge in [-0.25, -0.2) is 0 Å². The number of nitrogens with zero attached hydrogens (tertiary/aromatic N) is 1. The van der Waals surface area contributed by atoms with Crippen LogP contribution in [0.4, 0.5) is 0 Å². The first-order chi connectivity index (χ1) is 12.1. The largest absolute Gasteiger partial charge is 0.352 e. The van der Waals surface area contributed by atoms with Crippen LogP contribution in [0.1, 0.15) is 68.3 Å². The van der Waals surface area contributed by atoms with Crippen LogP contribution in [0, 0.1) is 4.77 Å². The van der Waals surface area contributed by atoms with Crippen LogP contribution in [0.2, 0.25) is 0 Å². The summed E-state index contributed by atoms with van der Waals surface area (Å²) in [7, 11) is 0. The second-order valence-electron chi connectivity index (χ2n) is 6.77. The lowest BCUT2D eigenvalue weighted by Gasteiger charge is -2.14. The summed E-state index contributed by atoms with van der Waals surface area (Å²) in [4.78, 5) is 28.2. The molecule has 2 N–H and O–H groups in total. The first kappa shape index (κ1) is 17.9. The van der Waals surface area contributed by atoms with E-state index in [-0.39, 0.29) is 17.5 Å². The van der Waals surface area contributed by atoms with Gasteiger partial charge in [0.05, 0.1) is 10.9 Å². The van der Waals surface area contributed by atoms with Crippen LogP contribution >= 0.6 is 12.2 Å². The highest BCUT2D eigenvalue weighted by Crippen LogP contribution is 2.28. The average molecular weight is 359 g/mol. The summed E-state index contributed by atoms with van der Waals surface area (Å²) in [6.45, 7) is 2.80. The van der Waals surface area contributed by atoms with E-state index in [1.165, 1.54) is 0 Å². The maximum atomic E-state index is 12.8. The maximum absolute atomic E-state index is 12.8. The third-order valence-electron chi connectivity index (χ3n) is 4.95. The molecule has 0 saturated heterocycles. The molecule has 0 spiro atoms. The third-order valence-corrected chi connectivity index (χ3v) is 5.25. The number of benzene rings is 1. The highest BCUT2D eigenvalue weighted by atomic mass is 32.1. The first-order valence-corrected chi connectivity index (χ1v) is 9.59. The van der Waals surface area contributed by atoms with Crippen LogP contribution in [0.25, 0.3) is 10.9 Å². The summed E-state index contributed by atoms with van der Waals surface area (Å²) in [5.41, 5.74) is 1.12. The van der Waals surface area contributed by atoms with Gasteiger partial charge in [0.25, 0.3) is 11.5 Å². The van der Waals surface area contributed by atoms with Gasteiger partial charge in [0.1, 0.15) is 0 Å². The molecule has 3 rings (SSSR count). The fourth-order valence-corrected chi connectivity index (χ4v) is 3.89. The second-order valence-corrected chi connectivity index (χ2v) is 7.15. The molecule has 6 heteroatoms. The molecular weight excluding hydrogens is 334 g/mol. The van der Waals surface area contributed by atoms with Crippen LogP contribution < -0.4 is 10.9 Å². The van der Waals surface area contributed by atoms with E-state index in [0.29, 0.717) is 27.8 Å². The fraction of sp³-hybridized carbons (Fsp3) is 0.526. The highest BCUT2D eigenvalue weighted by Gasteiger charge is 2.20. The van der Waals surface area contributed by atoms with Crippen LogP contribution in [0.5, 0.6) is 0 Å². The number of aromatic nitrogens is 2. The van der Waals surface area contributed by atoms with Crippen molar-refractivity contribution in [1.82, 2.24) is 14.9 Å². The predicted octanol–water partition coefficient (Wildman–Crippen LogP) is 4.09. The number of nitrogens with one attached hydrogen (secondary N) is 2. The number of unbranched alkanes of at least 4 members (excludes halogenated alkanes) is 2. The number of carbonyl (C=O) groups is 1. The summed E-state index contributed by atoms with van der Waals surface area (Å²) in [6.07, 6.45) is 7.48. The van der Waals surface area contributed by atoms with Crippen molar-refractivity contribution in [3.05, 3.63) is 38.9 Å². The van der Waals surface area contributed by atoms with E-state index < -0.39 is 0 Å². The number of hydrogen-bond donors (Lipinski definition) is 2. The van der Waals surface area contributed by atoms with E-state index in [0.717, 1.165) is 44.9 Å². The molecule has 2 aromatic rings. The van der Waals surface area contributed by atoms with Crippen LogP contribution in [0.3, 0.4) is 0 Å². The Bertz CT molecular complexity index is 878. The Hall–Kier alpha value is -1.95. The van der Waals surface area contributed by atoms with Crippen molar-refractivity contribution in [2.75, 3.05) is 6.54 Å². The van der Waals surface area contributed by atoms with Gasteiger partial charge in [0.2, 0.25) is 0 Å². The van der Waals surface area contributed by atoms with Gasteiger partial charge in [-0.1, -0.05) is 32.6 Å². The Morgan fingerprint density at radius 2 is 2.08 bits per heavy atom. The third kappa shape index (κ3) is 3.84. The summed E-state index contributed by atoms with van der Waals surface area (Å²) in [6, 6.07) is 5.37. The number of H-pyrrole nitrogens is 1. The molecule has 0 bridgehead atoms. The van der Waals surface area contributed by atoms with E-state index in [1.807, 2.05) is 0 Å². The Morgan fingerprint density at radius 1 is 1.32 bits per heavy atom. The summed E-state index contributed by atoms with van der Waals surface area (Å²) < 4.78 is 2.17. The van der Waals surface area contributed by atoms with Crippen LogP contribution in [-0.4, -0.2) is 22.0 Å². The van der Waals surface area contributed by atoms with Gasteiger partial charge in [0, 0.05) is 18.2 Å². The Kier molecular flexibility index (Phi) is 5.68.